The second-order valence-corrected chi connectivity index (χ2v) is 5.42. The SMILES string of the molecule is CC1(C)CC1C(=O)Nc1cc(OC(F)(F)F)ccc1F. The number of nitrogens with one attached hydrogen (secondary N) is 1. The van der Waals surface area contributed by atoms with E-state index < -0.39 is 23.8 Å². The lowest BCUT2D eigenvalue weighted by Gasteiger charge is -2.12. The first kappa shape index (κ1) is 14.6. The van der Waals surface area contributed by atoms with Crippen LogP contribution in [0.1, 0.15) is 20.3 Å². The average Bonchev–Trinajstić information content (AvgIpc) is 2.91. The Labute approximate surface area is 112 Å². The fourth-order valence-electron chi connectivity index (χ4n) is 1.93. The van der Waals surface area contributed by atoms with E-state index in [1.165, 1.54) is 0 Å². The molecule has 1 saturated carbocycles. The van der Waals surface area contributed by atoms with E-state index in [1.54, 1.807) is 0 Å². The Balaban J connectivity index is 2.11. The van der Waals surface area contributed by atoms with Gasteiger partial charge in [-0.3, -0.25) is 4.79 Å². The normalized spacial score (nSPS) is 20.4. The van der Waals surface area contributed by atoms with Gasteiger partial charge in [-0.1, -0.05) is 13.8 Å². The van der Waals surface area contributed by atoms with Crippen molar-refractivity contribution in [3.8, 4) is 5.75 Å². The number of anilines is 1. The molecule has 0 aliphatic heterocycles. The molecule has 2 rings (SSSR count). The molecule has 1 atom stereocenters. The summed E-state index contributed by atoms with van der Waals surface area (Å²) in [6, 6.07) is 2.48. The van der Waals surface area contributed by atoms with Crippen LogP contribution in [-0.2, 0) is 4.79 Å². The van der Waals surface area contributed by atoms with Crippen LogP contribution in [0.3, 0.4) is 0 Å². The third-order valence-corrected chi connectivity index (χ3v) is 3.26. The highest BCUT2D eigenvalue weighted by molar-refractivity contribution is 5.95. The van der Waals surface area contributed by atoms with Gasteiger partial charge in [0.1, 0.15) is 11.6 Å². The lowest BCUT2D eigenvalue weighted by molar-refractivity contribution is -0.274. The molecule has 0 saturated heterocycles. The first-order valence-electron chi connectivity index (χ1n) is 5.95. The quantitative estimate of drug-likeness (QED) is 0.862. The zero-order valence-electron chi connectivity index (χ0n) is 10.8. The van der Waals surface area contributed by atoms with E-state index in [4.69, 9.17) is 0 Å². The standard InChI is InChI=1S/C13H13F4NO2/c1-12(2)6-8(12)11(19)18-10-5-7(3-4-9(10)14)20-13(15,16)17/h3-5,8H,6H2,1-2H3,(H,18,19). The zero-order chi connectivity index (χ0) is 15.1. The van der Waals surface area contributed by atoms with Gasteiger partial charge < -0.3 is 10.1 Å². The van der Waals surface area contributed by atoms with E-state index in [1.807, 2.05) is 13.8 Å². The van der Waals surface area contributed by atoms with Crippen molar-refractivity contribution in [2.75, 3.05) is 5.32 Å². The minimum absolute atomic E-state index is 0.152. The molecule has 0 heterocycles. The highest BCUT2D eigenvalue weighted by Gasteiger charge is 2.50. The van der Waals surface area contributed by atoms with Gasteiger partial charge in [-0.2, -0.15) is 0 Å². The number of alkyl halides is 3. The molecule has 1 fully saturated rings. The summed E-state index contributed by atoms with van der Waals surface area (Å²) < 4.78 is 53.4. The summed E-state index contributed by atoms with van der Waals surface area (Å²) in [7, 11) is 0. The number of benzene rings is 1. The Kier molecular flexibility index (Phi) is 3.39. The first-order valence-corrected chi connectivity index (χ1v) is 5.95. The lowest BCUT2D eigenvalue weighted by atomic mass is 10.1. The van der Waals surface area contributed by atoms with Crippen molar-refractivity contribution in [2.24, 2.45) is 11.3 Å². The summed E-state index contributed by atoms with van der Waals surface area (Å²) in [5.74, 6) is -2.05. The van der Waals surface area contributed by atoms with Gasteiger partial charge in [-0.05, 0) is 24.0 Å². The maximum Gasteiger partial charge on any atom is 0.573 e. The van der Waals surface area contributed by atoms with E-state index in [2.05, 4.69) is 10.1 Å². The second kappa shape index (κ2) is 4.64. The maximum atomic E-state index is 13.5. The molecular formula is C13H13F4NO2. The van der Waals surface area contributed by atoms with Crippen molar-refractivity contribution in [1.82, 2.24) is 0 Å². The van der Waals surface area contributed by atoms with Gasteiger partial charge >= 0.3 is 6.36 Å². The molecule has 3 nitrogen and oxygen atoms in total. The van der Waals surface area contributed by atoms with Gasteiger partial charge in [0.25, 0.3) is 0 Å². The molecule has 1 aromatic rings. The highest BCUT2D eigenvalue weighted by Crippen LogP contribution is 2.52. The fraction of sp³-hybridized carbons (Fsp3) is 0.462. The molecule has 1 unspecified atom stereocenters. The molecule has 110 valence electrons. The molecule has 1 aliphatic rings. The fourth-order valence-corrected chi connectivity index (χ4v) is 1.93. The first-order chi connectivity index (χ1) is 9.08. The average molecular weight is 291 g/mol. The Morgan fingerprint density at radius 2 is 2.00 bits per heavy atom. The van der Waals surface area contributed by atoms with Crippen molar-refractivity contribution >= 4 is 11.6 Å². The van der Waals surface area contributed by atoms with Gasteiger partial charge in [-0.15, -0.1) is 13.2 Å². The summed E-state index contributed by atoms with van der Waals surface area (Å²) in [6.07, 6.45) is -4.20. The number of rotatable bonds is 3. The number of halogens is 4. The molecule has 7 heteroatoms. The van der Waals surface area contributed by atoms with Crippen LogP contribution >= 0.6 is 0 Å². The molecule has 20 heavy (non-hydrogen) atoms. The van der Waals surface area contributed by atoms with Crippen LogP contribution in [0.2, 0.25) is 0 Å². The van der Waals surface area contributed by atoms with Crippen LogP contribution < -0.4 is 10.1 Å². The van der Waals surface area contributed by atoms with Gasteiger partial charge in [0.15, 0.2) is 0 Å². The van der Waals surface area contributed by atoms with Crippen LogP contribution in [0.15, 0.2) is 18.2 Å². The summed E-state index contributed by atoms with van der Waals surface area (Å²) in [4.78, 5) is 11.8. The Hall–Kier alpha value is -1.79. The molecule has 0 aromatic heterocycles. The topological polar surface area (TPSA) is 38.3 Å². The third kappa shape index (κ3) is 3.40. The van der Waals surface area contributed by atoms with Crippen LogP contribution in [0.4, 0.5) is 23.2 Å². The van der Waals surface area contributed by atoms with Crippen LogP contribution in [0.5, 0.6) is 5.75 Å². The summed E-state index contributed by atoms with van der Waals surface area (Å²) >= 11 is 0. The molecule has 1 aliphatic carbocycles. The van der Waals surface area contributed by atoms with E-state index in [-0.39, 0.29) is 17.0 Å². The zero-order valence-corrected chi connectivity index (χ0v) is 10.8. The largest absolute Gasteiger partial charge is 0.573 e. The highest BCUT2D eigenvalue weighted by atomic mass is 19.4. The summed E-state index contributed by atoms with van der Waals surface area (Å²) in [5.41, 5.74) is -0.472. The van der Waals surface area contributed by atoms with E-state index in [9.17, 15) is 22.4 Å². The molecule has 0 radical (unpaired) electrons. The van der Waals surface area contributed by atoms with E-state index >= 15 is 0 Å². The van der Waals surface area contributed by atoms with Gasteiger partial charge in [0.2, 0.25) is 5.91 Å². The smallest absolute Gasteiger partial charge is 0.406 e. The van der Waals surface area contributed by atoms with E-state index in [0.29, 0.717) is 6.42 Å². The molecule has 1 amide bonds. The third-order valence-electron chi connectivity index (χ3n) is 3.26. The number of hydrogen-bond donors (Lipinski definition) is 1. The van der Waals surface area contributed by atoms with Crippen molar-refractivity contribution in [1.29, 1.82) is 0 Å². The lowest BCUT2D eigenvalue weighted by Crippen LogP contribution is -2.19. The molecule has 0 bridgehead atoms. The van der Waals surface area contributed by atoms with E-state index in [0.717, 1.165) is 18.2 Å². The van der Waals surface area contributed by atoms with Crippen LogP contribution in [0.25, 0.3) is 0 Å². The van der Waals surface area contributed by atoms with Crippen molar-refractivity contribution in [3.05, 3.63) is 24.0 Å². The number of amides is 1. The minimum Gasteiger partial charge on any atom is -0.406 e. The predicted molar refractivity (Wildman–Crippen MR) is 63.6 cm³/mol. The number of carbonyl (C=O) groups is 1. The Bertz CT molecular complexity index is 540. The second-order valence-electron chi connectivity index (χ2n) is 5.42. The van der Waals surface area contributed by atoms with Crippen molar-refractivity contribution in [3.63, 3.8) is 0 Å². The van der Waals surface area contributed by atoms with Crippen molar-refractivity contribution in [2.45, 2.75) is 26.6 Å². The summed E-state index contributed by atoms with van der Waals surface area (Å²) in [5, 5.41) is 2.29. The van der Waals surface area contributed by atoms with Crippen LogP contribution in [0, 0.1) is 17.2 Å². The van der Waals surface area contributed by atoms with Gasteiger partial charge in [0.05, 0.1) is 5.69 Å². The number of hydrogen-bond acceptors (Lipinski definition) is 2. The minimum atomic E-state index is -4.86. The number of ether oxygens (including phenoxy) is 1. The molecule has 0 spiro atoms. The Morgan fingerprint density at radius 1 is 1.40 bits per heavy atom. The van der Waals surface area contributed by atoms with Crippen LogP contribution in [-0.4, -0.2) is 12.3 Å². The summed E-state index contributed by atoms with van der Waals surface area (Å²) in [6.45, 7) is 3.77. The molecule has 1 aromatic carbocycles. The maximum absolute atomic E-state index is 13.5. The molecule has 1 N–H and O–H groups in total. The number of carbonyl (C=O) groups excluding carboxylic acids is 1. The monoisotopic (exact) mass is 291 g/mol. The predicted octanol–water partition coefficient (Wildman–Crippen LogP) is 3.71. The molecular weight excluding hydrogens is 278 g/mol. The van der Waals surface area contributed by atoms with Gasteiger partial charge in [0, 0.05) is 12.0 Å². The van der Waals surface area contributed by atoms with Crippen molar-refractivity contribution < 1.29 is 27.1 Å². The van der Waals surface area contributed by atoms with Gasteiger partial charge in [-0.25, -0.2) is 4.39 Å². The Morgan fingerprint density at radius 3 is 2.50 bits per heavy atom.